The zero-order valence-electron chi connectivity index (χ0n) is 10.9. The maximum absolute atomic E-state index is 12.7. The summed E-state index contributed by atoms with van der Waals surface area (Å²) in [6.07, 6.45) is 0. The Bertz CT molecular complexity index is 631. The molecule has 0 radical (unpaired) electrons. The van der Waals surface area contributed by atoms with Crippen LogP contribution < -0.4 is 9.47 Å². The molecule has 0 amide bonds. The van der Waals surface area contributed by atoms with Gasteiger partial charge in [0.1, 0.15) is 17.1 Å². The minimum atomic E-state index is -0.299. The molecule has 0 aliphatic rings. The van der Waals surface area contributed by atoms with E-state index in [0.29, 0.717) is 27.6 Å². The number of methoxy groups -OCH3 is 2. The predicted molar refractivity (Wildman–Crippen MR) is 79.4 cm³/mol. The number of ketones is 1. The second-order valence-electron chi connectivity index (χ2n) is 3.97. The van der Waals surface area contributed by atoms with Crippen LogP contribution in [0.5, 0.6) is 11.5 Å². The molecule has 0 aromatic heterocycles. The quantitative estimate of drug-likeness (QED) is 0.792. The lowest BCUT2D eigenvalue weighted by Crippen LogP contribution is -2.07. The van der Waals surface area contributed by atoms with E-state index in [0.717, 1.165) is 0 Å². The average molecular weight is 311 g/mol. The number of rotatable bonds is 4. The van der Waals surface area contributed by atoms with Gasteiger partial charge >= 0.3 is 0 Å². The monoisotopic (exact) mass is 310 g/mol. The normalized spacial score (nSPS) is 10.2. The van der Waals surface area contributed by atoms with Gasteiger partial charge in [0.25, 0.3) is 0 Å². The van der Waals surface area contributed by atoms with E-state index in [-0.39, 0.29) is 10.8 Å². The van der Waals surface area contributed by atoms with E-state index in [2.05, 4.69) is 0 Å². The summed E-state index contributed by atoms with van der Waals surface area (Å²) in [4.78, 5) is 12.7. The smallest absolute Gasteiger partial charge is 0.202 e. The second kappa shape index (κ2) is 6.16. The van der Waals surface area contributed by atoms with Crippen molar-refractivity contribution in [3.05, 3.63) is 57.6 Å². The van der Waals surface area contributed by atoms with Crippen molar-refractivity contribution >= 4 is 29.0 Å². The van der Waals surface area contributed by atoms with Gasteiger partial charge in [0.05, 0.1) is 24.3 Å². The summed E-state index contributed by atoms with van der Waals surface area (Å²) in [5, 5.41) is 0.540. The lowest BCUT2D eigenvalue weighted by Gasteiger charge is -2.13. The van der Waals surface area contributed by atoms with Crippen LogP contribution in [-0.2, 0) is 0 Å². The van der Waals surface area contributed by atoms with E-state index in [1.54, 1.807) is 36.4 Å². The van der Waals surface area contributed by atoms with E-state index < -0.39 is 0 Å². The summed E-state index contributed by atoms with van der Waals surface area (Å²) in [7, 11) is 2.98. The van der Waals surface area contributed by atoms with Crippen LogP contribution in [0.2, 0.25) is 10.0 Å². The van der Waals surface area contributed by atoms with E-state index in [1.165, 1.54) is 14.2 Å². The molecule has 104 valence electrons. The zero-order chi connectivity index (χ0) is 14.7. The SMILES string of the molecule is COc1cccc(OC)c1C(=O)c1cccc(Cl)c1Cl. The molecule has 0 unspecified atom stereocenters. The molecule has 0 aliphatic heterocycles. The molecule has 0 spiro atoms. The maximum Gasteiger partial charge on any atom is 0.202 e. The Hall–Kier alpha value is -1.71. The van der Waals surface area contributed by atoms with Gasteiger partial charge in [-0.05, 0) is 24.3 Å². The molecule has 3 nitrogen and oxygen atoms in total. The van der Waals surface area contributed by atoms with Crippen molar-refractivity contribution in [1.29, 1.82) is 0 Å². The van der Waals surface area contributed by atoms with Gasteiger partial charge in [-0.1, -0.05) is 35.3 Å². The van der Waals surface area contributed by atoms with Crippen LogP contribution in [0.3, 0.4) is 0 Å². The number of carbonyl (C=O) groups excluding carboxylic acids is 1. The average Bonchev–Trinajstić information content (AvgIpc) is 2.48. The molecule has 0 fully saturated rings. The fraction of sp³-hybridized carbons (Fsp3) is 0.133. The highest BCUT2D eigenvalue weighted by molar-refractivity contribution is 6.44. The van der Waals surface area contributed by atoms with Crippen molar-refractivity contribution in [3.63, 3.8) is 0 Å². The molecule has 2 aromatic rings. The Morgan fingerprint density at radius 1 is 0.950 bits per heavy atom. The molecule has 5 heteroatoms. The molecule has 0 N–H and O–H groups in total. The summed E-state index contributed by atoms with van der Waals surface area (Å²) >= 11 is 12.0. The van der Waals surface area contributed by atoms with Gasteiger partial charge in [0, 0.05) is 5.56 Å². The van der Waals surface area contributed by atoms with Crippen LogP contribution in [0.15, 0.2) is 36.4 Å². The highest BCUT2D eigenvalue weighted by atomic mass is 35.5. The van der Waals surface area contributed by atoms with Crippen molar-refractivity contribution in [3.8, 4) is 11.5 Å². The molecule has 20 heavy (non-hydrogen) atoms. The van der Waals surface area contributed by atoms with Crippen LogP contribution in [-0.4, -0.2) is 20.0 Å². The minimum absolute atomic E-state index is 0.215. The Kier molecular flexibility index (Phi) is 4.53. The third-order valence-electron chi connectivity index (χ3n) is 2.85. The molecule has 0 bridgehead atoms. The van der Waals surface area contributed by atoms with Gasteiger partial charge < -0.3 is 9.47 Å². The highest BCUT2D eigenvalue weighted by Gasteiger charge is 2.22. The highest BCUT2D eigenvalue weighted by Crippen LogP contribution is 2.34. The Morgan fingerprint density at radius 3 is 2.05 bits per heavy atom. The molecule has 0 heterocycles. The van der Waals surface area contributed by atoms with Crippen molar-refractivity contribution in [1.82, 2.24) is 0 Å². The lowest BCUT2D eigenvalue weighted by molar-refractivity contribution is 0.103. The fourth-order valence-corrected chi connectivity index (χ4v) is 2.28. The van der Waals surface area contributed by atoms with Crippen LogP contribution in [0, 0.1) is 0 Å². The third-order valence-corrected chi connectivity index (χ3v) is 3.67. The number of benzene rings is 2. The summed E-state index contributed by atoms with van der Waals surface area (Å²) in [5.74, 6) is 0.544. The van der Waals surface area contributed by atoms with Crippen LogP contribution in [0.4, 0.5) is 0 Å². The first-order valence-corrected chi connectivity index (χ1v) is 6.55. The van der Waals surface area contributed by atoms with E-state index in [9.17, 15) is 4.79 Å². The zero-order valence-corrected chi connectivity index (χ0v) is 12.5. The number of carbonyl (C=O) groups is 1. The Morgan fingerprint density at radius 2 is 1.50 bits per heavy atom. The van der Waals surface area contributed by atoms with Crippen LogP contribution >= 0.6 is 23.2 Å². The summed E-state index contributed by atoms with van der Waals surface area (Å²) in [5.41, 5.74) is 0.628. The maximum atomic E-state index is 12.7. The van der Waals surface area contributed by atoms with Gasteiger partial charge in [0.15, 0.2) is 0 Å². The van der Waals surface area contributed by atoms with Gasteiger partial charge in [-0.25, -0.2) is 0 Å². The number of hydrogen-bond donors (Lipinski definition) is 0. The fourth-order valence-electron chi connectivity index (χ4n) is 1.89. The van der Waals surface area contributed by atoms with Gasteiger partial charge in [-0.15, -0.1) is 0 Å². The van der Waals surface area contributed by atoms with Gasteiger partial charge in [0.2, 0.25) is 5.78 Å². The molecular formula is C15H12Cl2O3. The molecule has 0 atom stereocenters. The van der Waals surface area contributed by atoms with E-state index >= 15 is 0 Å². The minimum Gasteiger partial charge on any atom is -0.496 e. The van der Waals surface area contributed by atoms with Gasteiger partial charge in [-0.3, -0.25) is 4.79 Å². The molecule has 2 aromatic carbocycles. The Labute approximate surface area is 127 Å². The van der Waals surface area contributed by atoms with Gasteiger partial charge in [-0.2, -0.15) is 0 Å². The number of ether oxygens (including phenoxy) is 2. The molecule has 0 aliphatic carbocycles. The third kappa shape index (κ3) is 2.60. The largest absolute Gasteiger partial charge is 0.496 e. The summed E-state index contributed by atoms with van der Waals surface area (Å²) < 4.78 is 10.4. The van der Waals surface area contributed by atoms with Crippen molar-refractivity contribution in [2.24, 2.45) is 0 Å². The molecule has 0 saturated carbocycles. The second-order valence-corrected chi connectivity index (χ2v) is 4.75. The molecule has 2 rings (SSSR count). The topological polar surface area (TPSA) is 35.5 Å². The summed E-state index contributed by atoms with van der Waals surface area (Å²) in [6, 6.07) is 10.0. The van der Waals surface area contributed by atoms with Crippen molar-refractivity contribution in [2.75, 3.05) is 14.2 Å². The van der Waals surface area contributed by atoms with Crippen LogP contribution in [0.1, 0.15) is 15.9 Å². The summed E-state index contributed by atoms with van der Waals surface area (Å²) in [6.45, 7) is 0. The first-order chi connectivity index (χ1) is 9.60. The van der Waals surface area contributed by atoms with E-state index in [4.69, 9.17) is 32.7 Å². The lowest BCUT2D eigenvalue weighted by atomic mass is 10.0. The van der Waals surface area contributed by atoms with Crippen LogP contribution in [0.25, 0.3) is 0 Å². The number of hydrogen-bond acceptors (Lipinski definition) is 3. The predicted octanol–water partition coefficient (Wildman–Crippen LogP) is 4.24. The molecular weight excluding hydrogens is 299 g/mol. The van der Waals surface area contributed by atoms with Crippen molar-refractivity contribution in [2.45, 2.75) is 0 Å². The molecule has 0 saturated heterocycles. The van der Waals surface area contributed by atoms with E-state index in [1.807, 2.05) is 0 Å². The Balaban J connectivity index is 2.61. The number of halogens is 2. The standard InChI is InChI=1S/C15H12Cl2O3/c1-19-11-7-4-8-12(20-2)13(11)15(18)9-5-3-6-10(16)14(9)17/h3-8H,1-2H3. The van der Waals surface area contributed by atoms with Crippen molar-refractivity contribution < 1.29 is 14.3 Å². The first kappa shape index (κ1) is 14.7. The first-order valence-electron chi connectivity index (χ1n) is 5.79.